The van der Waals surface area contributed by atoms with Gasteiger partial charge in [0.1, 0.15) is 5.82 Å². The van der Waals surface area contributed by atoms with Crippen molar-refractivity contribution in [2.24, 2.45) is 0 Å². The fourth-order valence-corrected chi connectivity index (χ4v) is 9.68. The predicted molar refractivity (Wildman–Crippen MR) is 243 cm³/mol. The Balaban J connectivity index is 1.20. The van der Waals surface area contributed by atoms with Gasteiger partial charge in [-0.15, -0.1) is 11.3 Å². The zero-order valence-electron chi connectivity index (χ0n) is 31.6. The van der Waals surface area contributed by atoms with Crippen molar-refractivity contribution in [2.75, 3.05) is 0 Å². The molecule has 0 unspecified atom stereocenters. The molecule has 0 aliphatic rings. The zero-order chi connectivity index (χ0) is 38.9. The van der Waals surface area contributed by atoms with Crippen LogP contribution in [0.4, 0.5) is 0 Å². The molecule has 4 aromatic heterocycles. The van der Waals surface area contributed by atoms with E-state index in [0.717, 1.165) is 61.5 Å². The molecule has 0 fully saturated rings. The van der Waals surface area contributed by atoms with Crippen LogP contribution in [0.15, 0.2) is 194 Å². The van der Waals surface area contributed by atoms with E-state index >= 15 is 0 Å². The molecule has 8 aromatic carbocycles. The summed E-state index contributed by atoms with van der Waals surface area (Å²) in [6.45, 7) is 0. The van der Waals surface area contributed by atoms with Crippen molar-refractivity contribution < 1.29 is 0 Å². The van der Waals surface area contributed by atoms with Crippen molar-refractivity contribution in [1.82, 2.24) is 29.1 Å². The molecule has 12 aromatic rings. The highest BCUT2D eigenvalue weighted by Crippen LogP contribution is 2.45. The van der Waals surface area contributed by atoms with Gasteiger partial charge in [-0.05, 0) is 66.7 Å². The number of imidazole rings is 1. The topological polar surface area (TPSA) is 61.4 Å². The van der Waals surface area contributed by atoms with Gasteiger partial charge in [-0.1, -0.05) is 127 Å². The lowest BCUT2D eigenvalue weighted by atomic mass is 10.0. The zero-order valence-corrected chi connectivity index (χ0v) is 32.4. The van der Waals surface area contributed by atoms with E-state index in [2.05, 4.69) is 155 Å². The van der Waals surface area contributed by atoms with Gasteiger partial charge in [-0.2, -0.15) is 0 Å². The quantitative estimate of drug-likeness (QED) is 0.169. The molecular formula is C52H32N6S. The molecule has 12 rings (SSSR count). The summed E-state index contributed by atoms with van der Waals surface area (Å²) in [7, 11) is 0. The van der Waals surface area contributed by atoms with E-state index in [1.165, 1.54) is 30.9 Å². The first-order valence-corrected chi connectivity index (χ1v) is 20.5. The number of thiophene rings is 1. The molecule has 0 bridgehead atoms. The molecule has 7 heteroatoms. The Hall–Kier alpha value is -7.74. The number of aromatic nitrogens is 6. The maximum Gasteiger partial charge on any atom is 0.166 e. The van der Waals surface area contributed by atoms with Gasteiger partial charge in [0.2, 0.25) is 0 Å². The molecule has 0 radical (unpaired) electrons. The van der Waals surface area contributed by atoms with Gasteiger partial charge in [0.25, 0.3) is 0 Å². The summed E-state index contributed by atoms with van der Waals surface area (Å²) in [4.78, 5) is 21.0. The minimum atomic E-state index is 0.574. The van der Waals surface area contributed by atoms with Crippen molar-refractivity contribution in [3.63, 3.8) is 0 Å². The summed E-state index contributed by atoms with van der Waals surface area (Å²) in [5, 5.41) is 4.99. The van der Waals surface area contributed by atoms with Gasteiger partial charge in [-0.25, -0.2) is 19.9 Å². The molecule has 0 spiro atoms. The molecule has 276 valence electrons. The van der Waals surface area contributed by atoms with E-state index in [1.807, 2.05) is 59.9 Å². The molecule has 0 saturated heterocycles. The lowest BCUT2D eigenvalue weighted by Gasteiger charge is -2.17. The summed E-state index contributed by atoms with van der Waals surface area (Å²) in [5.74, 6) is 2.62. The molecule has 59 heavy (non-hydrogen) atoms. The van der Waals surface area contributed by atoms with Crippen LogP contribution in [0.25, 0.3) is 110 Å². The van der Waals surface area contributed by atoms with E-state index in [9.17, 15) is 0 Å². The fraction of sp³-hybridized carbons (Fsp3) is 0. The number of hydrogen-bond donors (Lipinski definition) is 0. The number of para-hydroxylation sites is 4. The van der Waals surface area contributed by atoms with Crippen molar-refractivity contribution in [3.8, 4) is 56.9 Å². The minimum absolute atomic E-state index is 0.574. The smallest absolute Gasteiger partial charge is 0.166 e. The van der Waals surface area contributed by atoms with E-state index in [1.54, 1.807) is 0 Å². The Morgan fingerprint density at radius 2 is 0.983 bits per heavy atom. The fourth-order valence-electron chi connectivity index (χ4n) is 8.57. The van der Waals surface area contributed by atoms with Gasteiger partial charge in [0, 0.05) is 58.9 Å². The van der Waals surface area contributed by atoms with Gasteiger partial charge in [0.15, 0.2) is 17.5 Å². The van der Waals surface area contributed by atoms with Crippen LogP contribution in [0.3, 0.4) is 0 Å². The van der Waals surface area contributed by atoms with Crippen LogP contribution >= 0.6 is 11.3 Å². The summed E-state index contributed by atoms with van der Waals surface area (Å²) in [5.41, 5.74) is 9.82. The highest BCUT2D eigenvalue weighted by atomic mass is 32.1. The highest BCUT2D eigenvalue weighted by molar-refractivity contribution is 7.26. The first-order chi connectivity index (χ1) is 29.3. The van der Waals surface area contributed by atoms with Crippen molar-refractivity contribution >= 4 is 64.3 Å². The second kappa shape index (κ2) is 13.4. The average molecular weight is 773 g/mol. The maximum atomic E-state index is 5.31. The van der Waals surface area contributed by atoms with Gasteiger partial charge < -0.3 is 4.57 Å². The Bertz CT molecular complexity index is 3490. The van der Waals surface area contributed by atoms with Crippen LogP contribution < -0.4 is 0 Å². The van der Waals surface area contributed by atoms with Crippen molar-refractivity contribution in [2.45, 2.75) is 0 Å². The van der Waals surface area contributed by atoms with Crippen LogP contribution in [0.1, 0.15) is 0 Å². The predicted octanol–water partition coefficient (Wildman–Crippen LogP) is 13.3. The Labute approximate surface area is 343 Å². The van der Waals surface area contributed by atoms with Gasteiger partial charge in [-0.3, -0.25) is 4.57 Å². The van der Waals surface area contributed by atoms with E-state index in [0.29, 0.717) is 17.5 Å². The monoisotopic (exact) mass is 772 g/mol. The number of rotatable bonds is 6. The first-order valence-electron chi connectivity index (χ1n) is 19.7. The molecule has 0 N–H and O–H groups in total. The van der Waals surface area contributed by atoms with Gasteiger partial charge in [0.05, 0.1) is 27.8 Å². The SMILES string of the molecule is c1ccc(-c2nc(-c3ccccc3)nc(-c3cc(-c4nc5ccccc5n4-c4ccccc4)ccc3-n3c4ccccc4c4c5c(ccc43)sc3ccccc35)n2)cc1. The summed E-state index contributed by atoms with van der Waals surface area (Å²) in [6, 6.07) is 67.7. The lowest BCUT2D eigenvalue weighted by Crippen LogP contribution is -2.05. The average Bonchev–Trinajstić information content (AvgIpc) is 3.99. The molecule has 6 nitrogen and oxygen atoms in total. The standard InChI is InChI=1S/C52H32N6S/c1-4-16-33(17-5-1)49-54-50(34-18-6-2-7-19-34)56-51(55-49)39-32-35(52-53-40-24-12-14-26-43(40)57(52)36-20-8-3-9-21-36)28-29-42(39)58-41-25-13-10-22-37(41)47-44(58)30-31-46-48(47)38-23-11-15-27-45(38)59-46/h1-32H. The molecule has 0 amide bonds. The number of hydrogen-bond acceptors (Lipinski definition) is 5. The highest BCUT2D eigenvalue weighted by Gasteiger charge is 2.24. The molecular weight excluding hydrogens is 741 g/mol. The Kier molecular flexibility index (Phi) is 7.61. The van der Waals surface area contributed by atoms with E-state index in [4.69, 9.17) is 19.9 Å². The first kappa shape index (κ1) is 33.4. The third-order valence-corrected chi connectivity index (χ3v) is 12.3. The molecule has 0 saturated carbocycles. The van der Waals surface area contributed by atoms with Crippen LogP contribution in [-0.2, 0) is 0 Å². The lowest BCUT2D eigenvalue weighted by molar-refractivity contribution is 1.06. The number of benzene rings is 8. The van der Waals surface area contributed by atoms with Crippen LogP contribution in [0, 0.1) is 0 Å². The van der Waals surface area contributed by atoms with Gasteiger partial charge >= 0.3 is 0 Å². The second-order valence-corrected chi connectivity index (χ2v) is 15.7. The Morgan fingerprint density at radius 3 is 1.73 bits per heavy atom. The third kappa shape index (κ3) is 5.40. The summed E-state index contributed by atoms with van der Waals surface area (Å²) < 4.78 is 7.19. The number of nitrogens with zero attached hydrogens (tertiary/aromatic N) is 6. The van der Waals surface area contributed by atoms with Crippen molar-refractivity contribution in [3.05, 3.63) is 194 Å². The molecule has 0 aliphatic heterocycles. The Morgan fingerprint density at radius 1 is 0.373 bits per heavy atom. The van der Waals surface area contributed by atoms with Crippen LogP contribution in [0.5, 0.6) is 0 Å². The summed E-state index contributed by atoms with van der Waals surface area (Å²) >= 11 is 1.84. The normalized spacial score (nSPS) is 11.7. The largest absolute Gasteiger partial charge is 0.308 e. The third-order valence-electron chi connectivity index (χ3n) is 11.2. The van der Waals surface area contributed by atoms with E-state index in [-0.39, 0.29) is 0 Å². The van der Waals surface area contributed by atoms with Crippen molar-refractivity contribution in [1.29, 1.82) is 0 Å². The maximum absolute atomic E-state index is 5.31. The van der Waals surface area contributed by atoms with E-state index < -0.39 is 0 Å². The molecule has 0 atom stereocenters. The minimum Gasteiger partial charge on any atom is -0.308 e. The molecule has 4 heterocycles. The second-order valence-electron chi connectivity index (χ2n) is 14.6. The molecule has 0 aliphatic carbocycles. The number of fused-ring (bicyclic) bond motifs is 8. The van der Waals surface area contributed by atoms with Crippen LogP contribution in [-0.4, -0.2) is 29.1 Å². The summed E-state index contributed by atoms with van der Waals surface area (Å²) in [6.07, 6.45) is 0. The van der Waals surface area contributed by atoms with Crippen LogP contribution in [0.2, 0.25) is 0 Å².